The molecule has 1 aromatic heterocycles. The van der Waals surface area contributed by atoms with E-state index in [-0.39, 0.29) is 12.4 Å². The van der Waals surface area contributed by atoms with Gasteiger partial charge in [0.1, 0.15) is 5.92 Å². The molecular weight excluding hydrogens is 327 g/mol. The van der Waals surface area contributed by atoms with Crippen LogP contribution in [0.2, 0.25) is 0 Å². The van der Waals surface area contributed by atoms with Crippen molar-refractivity contribution in [2.75, 3.05) is 6.54 Å². The van der Waals surface area contributed by atoms with Gasteiger partial charge in [-0.3, -0.25) is 4.98 Å². The molecule has 2 N–H and O–H groups in total. The highest BCUT2D eigenvalue weighted by molar-refractivity contribution is 5.85. The van der Waals surface area contributed by atoms with Crippen LogP contribution in [0.4, 0.5) is 13.2 Å². The first-order valence-corrected chi connectivity index (χ1v) is 6.67. The molecule has 1 unspecified atom stereocenters. The maximum absolute atomic E-state index is 12.5. The van der Waals surface area contributed by atoms with Crippen LogP contribution in [-0.4, -0.2) is 11.5 Å². The van der Waals surface area contributed by atoms with Crippen molar-refractivity contribution in [3.05, 3.63) is 65.0 Å². The van der Waals surface area contributed by atoms with E-state index in [0.29, 0.717) is 24.2 Å². The average Bonchev–Trinajstić information content (AvgIpc) is 2.48. The molecule has 1 atom stereocenters. The van der Waals surface area contributed by atoms with E-state index in [2.05, 4.69) is 11.1 Å². The summed E-state index contributed by atoms with van der Waals surface area (Å²) in [6, 6.07) is 11.6. The van der Waals surface area contributed by atoms with Gasteiger partial charge in [-0.25, -0.2) is 0 Å². The maximum Gasteiger partial charge on any atom is 0.417 e. The average molecular weight is 342 g/mol. The molecule has 0 aliphatic carbocycles. The lowest BCUT2D eigenvalue weighted by atomic mass is 9.94. The van der Waals surface area contributed by atoms with E-state index >= 15 is 0 Å². The predicted molar refractivity (Wildman–Crippen MR) is 83.1 cm³/mol. The number of halogens is 4. The SMILES string of the molecule is Cl.N#CC(c1cccc(CCN)c1)c1ccc(C(F)(F)F)cn1. The molecule has 0 bridgehead atoms. The van der Waals surface area contributed by atoms with E-state index in [1.807, 2.05) is 12.1 Å². The number of hydrogen-bond acceptors (Lipinski definition) is 3. The van der Waals surface area contributed by atoms with Gasteiger partial charge >= 0.3 is 6.18 Å². The number of benzene rings is 1. The molecule has 122 valence electrons. The molecule has 1 aromatic carbocycles. The van der Waals surface area contributed by atoms with Crippen LogP contribution in [0, 0.1) is 11.3 Å². The summed E-state index contributed by atoms with van der Waals surface area (Å²) in [5.74, 6) is -0.708. The van der Waals surface area contributed by atoms with Gasteiger partial charge in [-0.2, -0.15) is 18.4 Å². The first-order valence-electron chi connectivity index (χ1n) is 6.67. The maximum atomic E-state index is 12.5. The largest absolute Gasteiger partial charge is 0.417 e. The van der Waals surface area contributed by atoms with E-state index in [4.69, 9.17) is 5.73 Å². The summed E-state index contributed by atoms with van der Waals surface area (Å²) in [5.41, 5.74) is 6.64. The van der Waals surface area contributed by atoms with Crippen molar-refractivity contribution >= 4 is 12.4 Å². The topological polar surface area (TPSA) is 62.7 Å². The van der Waals surface area contributed by atoms with Crippen LogP contribution in [0.25, 0.3) is 0 Å². The minimum atomic E-state index is -4.44. The fraction of sp³-hybridized carbons (Fsp3) is 0.250. The normalized spacial score (nSPS) is 12.1. The molecule has 23 heavy (non-hydrogen) atoms. The summed E-state index contributed by atoms with van der Waals surface area (Å²) in [7, 11) is 0. The zero-order chi connectivity index (χ0) is 16.2. The fourth-order valence-electron chi connectivity index (χ4n) is 2.15. The first kappa shape index (κ1) is 18.9. The Morgan fingerprint density at radius 1 is 1.22 bits per heavy atom. The standard InChI is InChI=1S/C16H14F3N3.ClH/c17-16(18,19)13-4-5-15(22-10-13)14(9-21)12-3-1-2-11(8-12)6-7-20;/h1-5,8,10,14H,6-7,20H2;1H. The number of rotatable bonds is 4. The molecule has 0 radical (unpaired) electrons. The minimum absolute atomic E-state index is 0. The molecule has 0 amide bonds. The van der Waals surface area contributed by atoms with Crippen LogP contribution in [0.1, 0.15) is 28.3 Å². The van der Waals surface area contributed by atoms with Gasteiger partial charge in [0.05, 0.1) is 17.3 Å². The van der Waals surface area contributed by atoms with Gasteiger partial charge in [0.25, 0.3) is 0 Å². The van der Waals surface area contributed by atoms with Gasteiger partial charge in [-0.15, -0.1) is 12.4 Å². The molecule has 2 aromatic rings. The molecule has 0 saturated heterocycles. The van der Waals surface area contributed by atoms with Crippen LogP contribution in [-0.2, 0) is 12.6 Å². The Hall–Kier alpha value is -2.10. The van der Waals surface area contributed by atoms with Gasteiger partial charge in [-0.1, -0.05) is 24.3 Å². The summed E-state index contributed by atoms with van der Waals surface area (Å²) in [5, 5.41) is 9.35. The molecule has 0 spiro atoms. The lowest BCUT2D eigenvalue weighted by Crippen LogP contribution is -2.08. The third-order valence-electron chi connectivity index (χ3n) is 3.26. The van der Waals surface area contributed by atoms with E-state index in [1.54, 1.807) is 12.1 Å². The van der Waals surface area contributed by atoms with Gasteiger partial charge in [0, 0.05) is 6.20 Å². The van der Waals surface area contributed by atoms with Gasteiger partial charge in [-0.05, 0) is 36.2 Å². The number of nitrogens with two attached hydrogens (primary N) is 1. The smallest absolute Gasteiger partial charge is 0.330 e. The summed E-state index contributed by atoms with van der Waals surface area (Å²) < 4.78 is 37.6. The Labute approximate surface area is 138 Å². The Morgan fingerprint density at radius 2 is 1.96 bits per heavy atom. The number of nitriles is 1. The molecule has 0 fully saturated rings. The van der Waals surface area contributed by atoms with Crippen LogP contribution in [0.5, 0.6) is 0 Å². The van der Waals surface area contributed by atoms with Crippen molar-refractivity contribution in [3.8, 4) is 6.07 Å². The highest BCUT2D eigenvalue weighted by Crippen LogP contribution is 2.30. The van der Waals surface area contributed by atoms with E-state index in [9.17, 15) is 18.4 Å². The molecule has 2 rings (SSSR count). The Bertz CT molecular complexity index is 678. The van der Waals surface area contributed by atoms with Crippen molar-refractivity contribution < 1.29 is 13.2 Å². The Kier molecular flexibility index (Phi) is 6.55. The lowest BCUT2D eigenvalue weighted by molar-refractivity contribution is -0.137. The van der Waals surface area contributed by atoms with E-state index < -0.39 is 17.7 Å². The second-order valence-corrected chi connectivity index (χ2v) is 4.82. The second kappa shape index (κ2) is 7.95. The zero-order valence-electron chi connectivity index (χ0n) is 12.0. The number of hydrogen-bond donors (Lipinski definition) is 1. The summed E-state index contributed by atoms with van der Waals surface area (Å²) >= 11 is 0. The molecule has 1 heterocycles. The highest BCUT2D eigenvalue weighted by atomic mass is 35.5. The molecule has 3 nitrogen and oxygen atoms in total. The minimum Gasteiger partial charge on any atom is -0.330 e. The zero-order valence-corrected chi connectivity index (χ0v) is 12.9. The van der Waals surface area contributed by atoms with Gasteiger partial charge in [0.2, 0.25) is 0 Å². The fourth-order valence-corrected chi connectivity index (χ4v) is 2.15. The number of alkyl halides is 3. The molecule has 0 aliphatic heterocycles. The van der Waals surface area contributed by atoms with Crippen molar-refractivity contribution in [3.63, 3.8) is 0 Å². The Balaban J connectivity index is 0.00000264. The third-order valence-corrected chi connectivity index (χ3v) is 3.26. The summed E-state index contributed by atoms with van der Waals surface area (Å²) in [6.45, 7) is 0.485. The molecule has 7 heteroatoms. The quantitative estimate of drug-likeness (QED) is 0.922. The van der Waals surface area contributed by atoms with Gasteiger partial charge in [0.15, 0.2) is 0 Å². The van der Waals surface area contributed by atoms with Gasteiger partial charge < -0.3 is 5.73 Å². The highest BCUT2D eigenvalue weighted by Gasteiger charge is 2.31. The second-order valence-electron chi connectivity index (χ2n) is 4.82. The van der Waals surface area contributed by atoms with Crippen LogP contribution in [0.3, 0.4) is 0 Å². The first-order chi connectivity index (χ1) is 10.5. The van der Waals surface area contributed by atoms with Crippen molar-refractivity contribution in [2.45, 2.75) is 18.5 Å². The number of aromatic nitrogens is 1. The molecular formula is C16H15ClF3N3. The van der Waals surface area contributed by atoms with Crippen LogP contribution >= 0.6 is 12.4 Å². The molecule has 0 saturated carbocycles. The van der Waals surface area contributed by atoms with Crippen molar-refractivity contribution in [1.82, 2.24) is 4.98 Å². The van der Waals surface area contributed by atoms with Crippen LogP contribution < -0.4 is 5.73 Å². The van der Waals surface area contributed by atoms with Crippen molar-refractivity contribution in [2.24, 2.45) is 5.73 Å². The Morgan fingerprint density at radius 3 is 2.48 bits per heavy atom. The summed E-state index contributed by atoms with van der Waals surface area (Å²) in [6.07, 6.45) is -3.01. The lowest BCUT2D eigenvalue weighted by Gasteiger charge is -2.12. The monoisotopic (exact) mass is 341 g/mol. The number of pyridine rings is 1. The van der Waals surface area contributed by atoms with Crippen LogP contribution in [0.15, 0.2) is 42.6 Å². The van der Waals surface area contributed by atoms with E-state index in [1.165, 1.54) is 6.07 Å². The summed E-state index contributed by atoms with van der Waals surface area (Å²) in [4.78, 5) is 3.80. The van der Waals surface area contributed by atoms with E-state index in [0.717, 1.165) is 17.8 Å². The third kappa shape index (κ3) is 4.68. The molecule has 0 aliphatic rings. The predicted octanol–water partition coefficient (Wildman–Crippen LogP) is 3.68. The number of nitrogens with zero attached hydrogens (tertiary/aromatic N) is 2. The van der Waals surface area contributed by atoms with Crippen molar-refractivity contribution in [1.29, 1.82) is 5.26 Å².